The van der Waals surface area contributed by atoms with Crippen LogP contribution in [0.3, 0.4) is 0 Å². The molecule has 0 atom stereocenters. The quantitative estimate of drug-likeness (QED) is 0.165. The molecule has 0 unspecified atom stereocenters. The molecule has 0 radical (unpaired) electrons. The third-order valence-corrected chi connectivity index (χ3v) is 9.83. The van der Waals surface area contributed by atoms with Crippen molar-refractivity contribution in [1.29, 1.82) is 0 Å². The number of furan rings is 1. The first-order chi connectivity index (χ1) is 30.5. The van der Waals surface area contributed by atoms with Crippen LogP contribution in [0.25, 0.3) is 77.2 Å². The van der Waals surface area contributed by atoms with Gasteiger partial charge < -0.3 is 9.32 Å². The van der Waals surface area contributed by atoms with E-state index < -0.39 is 54.4 Å². The molecule has 54 heavy (non-hydrogen) atoms. The lowest BCUT2D eigenvalue weighted by molar-refractivity contribution is 0.672. The van der Waals surface area contributed by atoms with Gasteiger partial charge in [0.05, 0.1) is 23.4 Å². The van der Waals surface area contributed by atoms with E-state index in [9.17, 15) is 5.48 Å². The van der Waals surface area contributed by atoms with Gasteiger partial charge in [-0.2, -0.15) is 0 Å². The van der Waals surface area contributed by atoms with Gasteiger partial charge in [0.2, 0.25) is 0 Å². The molecule has 0 N–H and O–H groups in total. The SMILES string of the molecule is [2H]c1c([2H])c([2H])c(-c2c([2H])c([2H])c(-c3cc4c(oc5cccc(N(c6ccc(-c7ccccc7)cc6)c6ccc(-c7ccccc7)cc6)c54)c4ccccc34)c([2H])c2[2H])c([2H])c1[2H]. The van der Waals surface area contributed by atoms with Gasteiger partial charge in [-0.3, -0.25) is 0 Å². The molecule has 1 heterocycles. The Bertz CT molecular complexity index is 3280. The van der Waals surface area contributed by atoms with E-state index in [1.54, 1.807) is 0 Å². The van der Waals surface area contributed by atoms with Crippen LogP contribution in [-0.4, -0.2) is 0 Å². The first kappa shape index (κ1) is 23.4. The molecule has 10 rings (SSSR count). The van der Waals surface area contributed by atoms with E-state index in [1.807, 2.05) is 84.9 Å². The van der Waals surface area contributed by atoms with Gasteiger partial charge in [-0.15, -0.1) is 0 Å². The van der Waals surface area contributed by atoms with E-state index in [-0.39, 0.29) is 16.7 Å². The van der Waals surface area contributed by atoms with Crippen LogP contribution in [0.5, 0.6) is 0 Å². The minimum absolute atomic E-state index is 0.0101. The molecule has 0 fully saturated rings. The van der Waals surface area contributed by atoms with E-state index in [0.717, 1.165) is 44.7 Å². The van der Waals surface area contributed by atoms with Gasteiger partial charge in [0.15, 0.2) is 0 Å². The zero-order valence-corrected chi connectivity index (χ0v) is 28.9. The highest BCUT2D eigenvalue weighted by molar-refractivity contribution is 6.22. The Morgan fingerprint density at radius 3 is 1.52 bits per heavy atom. The van der Waals surface area contributed by atoms with Gasteiger partial charge in [-0.25, -0.2) is 0 Å². The summed E-state index contributed by atoms with van der Waals surface area (Å²) in [4.78, 5) is 2.18. The number of anilines is 3. The Morgan fingerprint density at radius 2 is 0.907 bits per heavy atom. The first-order valence-corrected chi connectivity index (χ1v) is 17.7. The van der Waals surface area contributed by atoms with E-state index in [2.05, 4.69) is 77.7 Å². The number of hydrogen-bond acceptors (Lipinski definition) is 2. The fourth-order valence-corrected chi connectivity index (χ4v) is 7.26. The summed E-state index contributed by atoms with van der Waals surface area (Å²) in [5.41, 5.74) is 7.81. The lowest BCUT2D eigenvalue weighted by Crippen LogP contribution is -2.10. The van der Waals surface area contributed by atoms with Gasteiger partial charge in [-0.1, -0.05) is 170 Å². The lowest BCUT2D eigenvalue weighted by atomic mass is 9.93. The zero-order chi connectivity index (χ0) is 43.7. The molecule has 0 saturated heterocycles. The maximum absolute atomic E-state index is 9.38. The molecule has 0 spiro atoms. The van der Waals surface area contributed by atoms with Crippen LogP contribution in [0, 0.1) is 0 Å². The number of nitrogens with zero attached hydrogens (tertiary/aromatic N) is 1. The third kappa shape index (κ3) is 5.62. The molecule has 0 aliphatic rings. The van der Waals surface area contributed by atoms with E-state index in [4.69, 9.17) is 11.3 Å². The second-order valence-corrected chi connectivity index (χ2v) is 13.0. The Morgan fingerprint density at radius 1 is 0.389 bits per heavy atom. The summed E-state index contributed by atoms with van der Waals surface area (Å²) in [6, 6.07) is 47.5. The molecule has 0 bridgehead atoms. The standard InChI is InChI=1S/C52H35NO/c1-4-13-36(14-5-1)39-23-25-42(26-24-39)47-35-48-51-49(21-12-22-50(51)54-52(48)46-20-11-10-19-45(46)47)53(43-31-27-40(28-32-43)37-15-6-2-7-16-37)44-33-29-41(30-34-44)38-17-8-3-9-18-38/h1-35H/i1D,4D,5D,13D,14D,23D,24D,25D,26D. The predicted molar refractivity (Wildman–Crippen MR) is 228 cm³/mol. The second-order valence-electron chi connectivity index (χ2n) is 13.0. The van der Waals surface area contributed by atoms with Crippen molar-refractivity contribution in [1.82, 2.24) is 0 Å². The average molecular weight is 699 g/mol. The number of rotatable bonds is 7. The van der Waals surface area contributed by atoms with Crippen molar-refractivity contribution in [2.45, 2.75) is 0 Å². The number of hydrogen-bond donors (Lipinski definition) is 0. The monoisotopic (exact) mass is 698 g/mol. The van der Waals surface area contributed by atoms with Gasteiger partial charge in [0.25, 0.3) is 0 Å². The van der Waals surface area contributed by atoms with Crippen LogP contribution in [0.15, 0.2) is 217 Å². The van der Waals surface area contributed by atoms with E-state index in [1.165, 1.54) is 0 Å². The molecule has 0 amide bonds. The maximum Gasteiger partial charge on any atom is 0.143 e. The number of fused-ring (bicyclic) bond motifs is 5. The van der Waals surface area contributed by atoms with Crippen molar-refractivity contribution in [3.05, 3.63) is 212 Å². The summed E-state index contributed by atoms with van der Waals surface area (Å²) in [5, 5.41) is 2.79. The minimum atomic E-state index is -0.626. The lowest BCUT2D eigenvalue weighted by Gasteiger charge is -2.26. The maximum atomic E-state index is 9.38. The molecule has 0 aliphatic carbocycles. The molecule has 2 nitrogen and oxygen atoms in total. The molecular weight excluding hydrogens is 655 g/mol. The summed E-state index contributed by atoms with van der Waals surface area (Å²) >= 11 is 0. The summed E-state index contributed by atoms with van der Waals surface area (Å²) in [7, 11) is 0. The van der Waals surface area contributed by atoms with Crippen LogP contribution in [0.2, 0.25) is 0 Å². The highest BCUT2D eigenvalue weighted by Crippen LogP contribution is 2.46. The highest BCUT2D eigenvalue weighted by atomic mass is 16.3. The van der Waals surface area contributed by atoms with Crippen LogP contribution in [0.4, 0.5) is 17.1 Å². The Hall–Kier alpha value is -7.16. The normalized spacial score (nSPS) is 13.7. The van der Waals surface area contributed by atoms with Crippen molar-refractivity contribution in [3.63, 3.8) is 0 Å². The van der Waals surface area contributed by atoms with Crippen LogP contribution < -0.4 is 4.90 Å². The first-order valence-electron chi connectivity index (χ1n) is 22.2. The second kappa shape index (κ2) is 13.4. The van der Waals surface area contributed by atoms with Crippen molar-refractivity contribution in [3.8, 4) is 44.5 Å². The molecular formula is C52H35NO. The average Bonchev–Trinajstić information content (AvgIpc) is 3.71. The fraction of sp³-hybridized carbons (Fsp3) is 0. The van der Waals surface area contributed by atoms with Gasteiger partial charge in [-0.05, 0) is 92.4 Å². The molecule has 10 aromatic rings. The Balaban J connectivity index is 1.22. The smallest absolute Gasteiger partial charge is 0.143 e. The Kier molecular flexibility index (Phi) is 5.82. The van der Waals surface area contributed by atoms with Gasteiger partial charge >= 0.3 is 0 Å². The fourth-order valence-electron chi connectivity index (χ4n) is 7.26. The van der Waals surface area contributed by atoms with E-state index >= 15 is 0 Å². The summed E-state index contributed by atoms with van der Waals surface area (Å²) in [6.45, 7) is 0. The molecule has 1 aromatic heterocycles. The highest BCUT2D eigenvalue weighted by Gasteiger charge is 2.22. The summed E-state index contributed by atoms with van der Waals surface area (Å²) < 4.78 is 85.6. The zero-order valence-electron chi connectivity index (χ0n) is 37.9. The molecule has 254 valence electrons. The summed E-state index contributed by atoms with van der Waals surface area (Å²) in [5.74, 6) is 0. The van der Waals surface area contributed by atoms with Crippen molar-refractivity contribution in [2.75, 3.05) is 4.90 Å². The molecule has 0 saturated carbocycles. The molecule has 2 heteroatoms. The Labute approximate surface area is 327 Å². The van der Waals surface area contributed by atoms with Gasteiger partial charge in [0.1, 0.15) is 11.2 Å². The van der Waals surface area contributed by atoms with Gasteiger partial charge in [0, 0.05) is 22.1 Å². The minimum Gasteiger partial charge on any atom is -0.455 e. The predicted octanol–water partition coefficient (Wildman–Crippen LogP) is 14.9. The third-order valence-electron chi connectivity index (χ3n) is 9.83. The molecule has 9 aromatic carbocycles. The largest absolute Gasteiger partial charge is 0.455 e. The topological polar surface area (TPSA) is 16.4 Å². The van der Waals surface area contributed by atoms with Crippen molar-refractivity contribution < 1.29 is 16.8 Å². The van der Waals surface area contributed by atoms with Crippen LogP contribution in [-0.2, 0) is 0 Å². The number of benzene rings is 9. The molecule has 0 aliphatic heterocycles. The van der Waals surface area contributed by atoms with Crippen molar-refractivity contribution >= 4 is 49.8 Å². The summed E-state index contributed by atoms with van der Waals surface area (Å²) in [6.07, 6.45) is 0. The van der Waals surface area contributed by atoms with Crippen LogP contribution >= 0.6 is 0 Å². The van der Waals surface area contributed by atoms with E-state index in [0.29, 0.717) is 32.9 Å². The van der Waals surface area contributed by atoms with Crippen molar-refractivity contribution in [2.24, 2.45) is 0 Å². The van der Waals surface area contributed by atoms with Crippen LogP contribution in [0.1, 0.15) is 12.3 Å².